The van der Waals surface area contributed by atoms with E-state index in [2.05, 4.69) is 12.2 Å². The number of nitriles is 1. The first-order valence-corrected chi connectivity index (χ1v) is 8.99. The van der Waals surface area contributed by atoms with Crippen LogP contribution in [0.1, 0.15) is 19.8 Å². The van der Waals surface area contributed by atoms with Crippen LogP contribution < -0.4 is 5.32 Å². The zero-order chi connectivity index (χ0) is 17.7. The summed E-state index contributed by atoms with van der Waals surface area (Å²) in [5.74, 6) is 0.229. The van der Waals surface area contributed by atoms with Crippen molar-refractivity contribution < 1.29 is 17.8 Å². The van der Waals surface area contributed by atoms with Gasteiger partial charge >= 0.3 is 0 Å². The summed E-state index contributed by atoms with van der Waals surface area (Å²) in [6, 6.07) is 7.33. The third-order valence-electron chi connectivity index (χ3n) is 3.94. The molecule has 128 valence electrons. The number of hydrogen-bond donors (Lipinski definition) is 2. The SMILES string of the molecule is CC1CCN(C(=O)/C(C#N)=C\Nc2cccc(S(=O)(=O)O)c2)CC1. The highest BCUT2D eigenvalue weighted by molar-refractivity contribution is 7.85. The average Bonchev–Trinajstić information content (AvgIpc) is 2.55. The molecule has 7 nitrogen and oxygen atoms in total. The van der Waals surface area contributed by atoms with E-state index in [1.807, 2.05) is 6.07 Å². The van der Waals surface area contributed by atoms with Crippen LogP contribution in [0, 0.1) is 17.2 Å². The fraction of sp³-hybridized carbons (Fsp3) is 0.375. The Hall–Kier alpha value is -2.37. The minimum Gasteiger partial charge on any atom is -0.360 e. The summed E-state index contributed by atoms with van der Waals surface area (Å²) in [5.41, 5.74) is 0.291. The fourth-order valence-corrected chi connectivity index (χ4v) is 2.95. The molecule has 0 saturated carbocycles. The number of amides is 1. The molecule has 0 bridgehead atoms. The molecular formula is C16H19N3O4S. The topological polar surface area (TPSA) is 111 Å². The fourth-order valence-electron chi connectivity index (χ4n) is 2.43. The maximum absolute atomic E-state index is 12.3. The van der Waals surface area contributed by atoms with Gasteiger partial charge in [-0.05, 0) is 37.0 Å². The summed E-state index contributed by atoms with van der Waals surface area (Å²) < 4.78 is 31.3. The summed E-state index contributed by atoms with van der Waals surface area (Å²) in [6.45, 7) is 3.38. The third kappa shape index (κ3) is 4.57. The summed E-state index contributed by atoms with van der Waals surface area (Å²) >= 11 is 0. The summed E-state index contributed by atoms with van der Waals surface area (Å²) in [7, 11) is -4.31. The van der Waals surface area contributed by atoms with E-state index in [0.29, 0.717) is 24.7 Å². The Balaban J connectivity index is 2.11. The first-order chi connectivity index (χ1) is 11.3. The van der Waals surface area contributed by atoms with Crippen molar-refractivity contribution in [3.8, 4) is 6.07 Å². The number of carbonyl (C=O) groups is 1. The minimum absolute atomic E-state index is 0.0539. The van der Waals surface area contributed by atoms with Crippen molar-refractivity contribution in [2.75, 3.05) is 18.4 Å². The van der Waals surface area contributed by atoms with Gasteiger partial charge in [0.1, 0.15) is 11.6 Å². The number of anilines is 1. The van der Waals surface area contributed by atoms with Crippen LogP contribution in [0.5, 0.6) is 0 Å². The normalized spacial score (nSPS) is 16.5. The minimum atomic E-state index is -4.31. The first-order valence-electron chi connectivity index (χ1n) is 7.55. The van der Waals surface area contributed by atoms with Gasteiger partial charge in [-0.1, -0.05) is 13.0 Å². The van der Waals surface area contributed by atoms with Crippen molar-refractivity contribution in [2.24, 2.45) is 5.92 Å². The lowest BCUT2D eigenvalue weighted by molar-refractivity contribution is -0.128. The van der Waals surface area contributed by atoms with E-state index in [1.54, 1.807) is 11.0 Å². The molecule has 2 N–H and O–H groups in total. The first kappa shape index (κ1) is 18.0. The van der Waals surface area contributed by atoms with E-state index in [4.69, 9.17) is 4.55 Å². The largest absolute Gasteiger partial charge is 0.360 e. The van der Waals surface area contributed by atoms with Crippen LogP contribution in [0.2, 0.25) is 0 Å². The predicted molar refractivity (Wildman–Crippen MR) is 88.6 cm³/mol. The molecule has 1 saturated heterocycles. The Kier molecular flexibility index (Phi) is 5.59. The molecule has 0 spiro atoms. The highest BCUT2D eigenvalue weighted by Crippen LogP contribution is 2.18. The van der Waals surface area contributed by atoms with Gasteiger partial charge in [-0.25, -0.2) is 0 Å². The van der Waals surface area contributed by atoms with Crippen LogP contribution in [0.15, 0.2) is 40.9 Å². The van der Waals surface area contributed by atoms with Crippen molar-refractivity contribution in [3.63, 3.8) is 0 Å². The number of nitrogens with one attached hydrogen (secondary N) is 1. The molecule has 1 aromatic rings. The molecule has 0 aliphatic carbocycles. The molecule has 1 heterocycles. The Morgan fingerprint density at radius 1 is 1.42 bits per heavy atom. The van der Waals surface area contributed by atoms with Crippen LogP contribution >= 0.6 is 0 Å². The van der Waals surface area contributed by atoms with Crippen LogP contribution in [-0.4, -0.2) is 36.9 Å². The smallest absolute Gasteiger partial charge is 0.294 e. The highest BCUT2D eigenvalue weighted by atomic mass is 32.2. The molecule has 8 heteroatoms. The molecule has 1 fully saturated rings. The molecule has 1 aromatic carbocycles. The van der Waals surface area contributed by atoms with Crippen molar-refractivity contribution in [2.45, 2.75) is 24.7 Å². The Labute approximate surface area is 141 Å². The van der Waals surface area contributed by atoms with E-state index < -0.39 is 10.1 Å². The van der Waals surface area contributed by atoms with Crippen molar-refractivity contribution in [3.05, 3.63) is 36.0 Å². The van der Waals surface area contributed by atoms with E-state index in [1.165, 1.54) is 24.4 Å². The molecular weight excluding hydrogens is 330 g/mol. The Bertz CT molecular complexity index is 788. The molecule has 0 radical (unpaired) electrons. The number of carbonyl (C=O) groups excluding carboxylic acids is 1. The van der Waals surface area contributed by atoms with Crippen LogP contribution in [0.4, 0.5) is 5.69 Å². The van der Waals surface area contributed by atoms with Crippen molar-refractivity contribution >= 4 is 21.7 Å². The lowest BCUT2D eigenvalue weighted by Crippen LogP contribution is -2.38. The second-order valence-corrected chi connectivity index (χ2v) is 7.21. The monoisotopic (exact) mass is 349 g/mol. The van der Waals surface area contributed by atoms with Gasteiger partial charge in [0.05, 0.1) is 4.90 Å². The van der Waals surface area contributed by atoms with E-state index in [9.17, 15) is 18.5 Å². The van der Waals surface area contributed by atoms with E-state index in [-0.39, 0.29) is 16.4 Å². The zero-order valence-electron chi connectivity index (χ0n) is 13.3. The van der Waals surface area contributed by atoms with Crippen LogP contribution in [-0.2, 0) is 14.9 Å². The molecule has 24 heavy (non-hydrogen) atoms. The molecule has 0 unspecified atom stereocenters. The van der Waals surface area contributed by atoms with Gasteiger partial charge in [-0.3, -0.25) is 9.35 Å². The molecule has 1 aliphatic rings. The van der Waals surface area contributed by atoms with Crippen molar-refractivity contribution in [1.82, 2.24) is 4.90 Å². The average molecular weight is 349 g/mol. The van der Waals surface area contributed by atoms with Crippen LogP contribution in [0.3, 0.4) is 0 Å². The zero-order valence-corrected chi connectivity index (χ0v) is 14.1. The quantitative estimate of drug-likeness (QED) is 0.489. The van der Waals surface area contributed by atoms with E-state index >= 15 is 0 Å². The number of nitrogens with zero attached hydrogens (tertiary/aromatic N) is 2. The maximum atomic E-state index is 12.3. The molecule has 1 amide bonds. The summed E-state index contributed by atoms with van der Waals surface area (Å²) in [5, 5.41) is 11.9. The number of rotatable bonds is 4. The second-order valence-electron chi connectivity index (χ2n) is 5.79. The Morgan fingerprint density at radius 2 is 2.08 bits per heavy atom. The summed E-state index contributed by atoms with van der Waals surface area (Å²) in [6.07, 6.45) is 3.08. The summed E-state index contributed by atoms with van der Waals surface area (Å²) in [4.78, 5) is 13.7. The van der Waals surface area contributed by atoms with Gasteiger partial charge in [-0.2, -0.15) is 13.7 Å². The van der Waals surface area contributed by atoms with Crippen LogP contribution in [0.25, 0.3) is 0 Å². The van der Waals surface area contributed by atoms with Gasteiger partial charge in [0, 0.05) is 25.0 Å². The third-order valence-corrected chi connectivity index (χ3v) is 4.79. The molecule has 2 rings (SSSR count). The number of hydrogen-bond acceptors (Lipinski definition) is 5. The van der Waals surface area contributed by atoms with E-state index in [0.717, 1.165) is 12.8 Å². The van der Waals surface area contributed by atoms with Gasteiger partial charge in [0.2, 0.25) is 0 Å². The standard InChI is InChI=1S/C16H19N3O4S/c1-12-5-7-19(8-6-12)16(20)13(10-17)11-18-14-3-2-4-15(9-14)24(21,22)23/h2-4,9,11-12,18H,5-8H2,1H3,(H,21,22,23)/b13-11-. The van der Waals surface area contributed by atoms with Gasteiger partial charge in [-0.15, -0.1) is 0 Å². The number of benzene rings is 1. The van der Waals surface area contributed by atoms with Gasteiger partial charge in [0.15, 0.2) is 0 Å². The lowest BCUT2D eigenvalue weighted by atomic mass is 9.99. The molecule has 0 aromatic heterocycles. The second kappa shape index (κ2) is 7.47. The highest BCUT2D eigenvalue weighted by Gasteiger charge is 2.23. The van der Waals surface area contributed by atoms with Gasteiger partial charge < -0.3 is 10.2 Å². The predicted octanol–water partition coefficient (Wildman–Crippen LogP) is 2.01. The molecule has 1 aliphatic heterocycles. The van der Waals surface area contributed by atoms with Gasteiger partial charge in [0.25, 0.3) is 16.0 Å². The molecule has 0 atom stereocenters. The maximum Gasteiger partial charge on any atom is 0.294 e. The van der Waals surface area contributed by atoms with Crippen molar-refractivity contribution in [1.29, 1.82) is 5.26 Å². The lowest BCUT2D eigenvalue weighted by Gasteiger charge is -2.30. The Morgan fingerprint density at radius 3 is 2.67 bits per heavy atom. The number of piperidine rings is 1. The number of likely N-dealkylation sites (tertiary alicyclic amines) is 1.